The van der Waals surface area contributed by atoms with Crippen molar-refractivity contribution in [3.8, 4) is 11.4 Å². The molecule has 1 heterocycles. The highest BCUT2D eigenvalue weighted by molar-refractivity contribution is 5.66. The van der Waals surface area contributed by atoms with Gasteiger partial charge in [0.1, 0.15) is 5.82 Å². The van der Waals surface area contributed by atoms with E-state index in [1.165, 1.54) is 24.1 Å². The first kappa shape index (κ1) is 11.3. The van der Waals surface area contributed by atoms with Gasteiger partial charge in [0, 0.05) is 18.3 Å². The van der Waals surface area contributed by atoms with Crippen molar-refractivity contribution in [1.82, 2.24) is 9.55 Å². The second kappa shape index (κ2) is 4.32. The Morgan fingerprint density at radius 3 is 2.76 bits per heavy atom. The van der Waals surface area contributed by atoms with E-state index in [2.05, 4.69) is 10.2 Å². The average Bonchev–Trinajstić information content (AvgIpc) is 2.74. The van der Waals surface area contributed by atoms with Crippen LogP contribution in [-0.4, -0.2) is 16.7 Å². The van der Waals surface area contributed by atoms with Gasteiger partial charge >= 0.3 is 0 Å². The second-order valence-corrected chi connectivity index (χ2v) is 3.49. The van der Waals surface area contributed by atoms with E-state index in [9.17, 15) is 9.30 Å². The van der Waals surface area contributed by atoms with Gasteiger partial charge in [-0.1, -0.05) is 0 Å². The highest BCUT2D eigenvalue weighted by Crippen LogP contribution is 2.34. The maximum absolute atomic E-state index is 13.4. The minimum atomic E-state index is -0.504. The minimum Gasteiger partial charge on any atom is -0.494 e. The standard InChI is InChI=1S/C11H10FN3O2/c1-7-5-15(6-13-7)9-3-8(12)4-10(17-2)11(9)14-16/h3-6H,1-2H3. The number of ether oxygens (including phenoxy) is 1. The predicted molar refractivity (Wildman–Crippen MR) is 60.3 cm³/mol. The van der Waals surface area contributed by atoms with Crippen LogP contribution in [-0.2, 0) is 0 Å². The van der Waals surface area contributed by atoms with Gasteiger partial charge in [0.2, 0.25) is 0 Å². The number of aromatic nitrogens is 2. The molecule has 0 spiro atoms. The summed E-state index contributed by atoms with van der Waals surface area (Å²) >= 11 is 0. The zero-order chi connectivity index (χ0) is 12.4. The smallest absolute Gasteiger partial charge is 0.174 e. The van der Waals surface area contributed by atoms with Crippen molar-refractivity contribution in [3.05, 3.63) is 41.1 Å². The summed E-state index contributed by atoms with van der Waals surface area (Å²) < 4.78 is 19.8. The highest BCUT2D eigenvalue weighted by Gasteiger charge is 2.14. The van der Waals surface area contributed by atoms with Gasteiger partial charge in [-0.15, -0.1) is 4.91 Å². The van der Waals surface area contributed by atoms with Crippen LogP contribution < -0.4 is 4.74 Å². The van der Waals surface area contributed by atoms with E-state index in [1.54, 1.807) is 13.1 Å². The summed E-state index contributed by atoms with van der Waals surface area (Å²) in [4.78, 5) is 14.8. The maximum atomic E-state index is 13.4. The van der Waals surface area contributed by atoms with Crippen LogP contribution >= 0.6 is 0 Å². The lowest BCUT2D eigenvalue weighted by atomic mass is 10.2. The lowest BCUT2D eigenvalue weighted by Crippen LogP contribution is -1.95. The third kappa shape index (κ3) is 2.01. The number of aryl methyl sites for hydroxylation is 1. The van der Waals surface area contributed by atoms with Crippen LogP contribution in [0.3, 0.4) is 0 Å². The normalized spacial score (nSPS) is 10.3. The van der Waals surface area contributed by atoms with Crippen LogP contribution in [0.2, 0.25) is 0 Å². The molecule has 0 unspecified atom stereocenters. The summed E-state index contributed by atoms with van der Waals surface area (Å²) in [6.07, 6.45) is 3.15. The molecule has 0 saturated carbocycles. The molecule has 0 radical (unpaired) electrons. The molecule has 17 heavy (non-hydrogen) atoms. The summed E-state index contributed by atoms with van der Waals surface area (Å²) in [7, 11) is 1.35. The molecule has 0 fully saturated rings. The van der Waals surface area contributed by atoms with Gasteiger partial charge in [-0.3, -0.25) is 0 Å². The minimum absolute atomic E-state index is 0.0475. The van der Waals surface area contributed by atoms with Crippen LogP contribution in [0.1, 0.15) is 5.69 Å². The quantitative estimate of drug-likeness (QED) is 0.768. The van der Waals surface area contributed by atoms with Crippen LogP contribution in [0.15, 0.2) is 29.8 Å². The van der Waals surface area contributed by atoms with Gasteiger partial charge in [0.25, 0.3) is 0 Å². The Labute approximate surface area is 96.8 Å². The molecule has 0 aliphatic carbocycles. The van der Waals surface area contributed by atoms with Crippen molar-refractivity contribution >= 4 is 5.69 Å². The Morgan fingerprint density at radius 2 is 2.24 bits per heavy atom. The van der Waals surface area contributed by atoms with Crippen molar-refractivity contribution in [3.63, 3.8) is 0 Å². The van der Waals surface area contributed by atoms with Crippen molar-refractivity contribution in [2.24, 2.45) is 5.18 Å². The topological polar surface area (TPSA) is 56.5 Å². The third-order valence-corrected chi connectivity index (χ3v) is 2.32. The van der Waals surface area contributed by atoms with Crippen LogP contribution in [0, 0.1) is 17.6 Å². The van der Waals surface area contributed by atoms with Crippen molar-refractivity contribution < 1.29 is 9.13 Å². The molecular formula is C11H10FN3O2. The maximum Gasteiger partial charge on any atom is 0.174 e. The molecule has 2 aromatic rings. The van der Waals surface area contributed by atoms with Crippen molar-refractivity contribution in [1.29, 1.82) is 0 Å². The number of rotatable bonds is 3. The van der Waals surface area contributed by atoms with E-state index in [1.807, 2.05) is 0 Å². The summed E-state index contributed by atoms with van der Waals surface area (Å²) in [5.74, 6) is -0.406. The molecule has 0 amide bonds. The number of methoxy groups -OCH3 is 1. The van der Waals surface area contributed by atoms with Crippen LogP contribution in [0.25, 0.3) is 5.69 Å². The van der Waals surface area contributed by atoms with E-state index in [0.29, 0.717) is 5.69 Å². The van der Waals surface area contributed by atoms with E-state index < -0.39 is 5.82 Å². The summed E-state index contributed by atoms with van der Waals surface area (Å²) in [5, 5.41) is 2.88. The van der Waals surface area contributed by atoms with Crippen molar-refractivity contribution in [2.75, 3.05) is 7.11 Å². The molecule has 2 rings (SSSR count). The van der Waals surface area contributed by atoms with Gasteiger partial charge in [0.15, 0.2) is 11.4 Å². The second-order valence-electron chi connectivity index (χ2n) is 3.49. The first-order chi connectivity index (χ1) is 8.15. The van der Waals surface area contributed by atoms with Crippen LogP contribution in [0.4, 0.5) is 10.1 Å². The Kier molecular flexibility index (Phi) is 2.86. The number of halogens is 1. The Balaban J connectivity index is 2.67. The number of benzene rings is 1. The SMILES string of the molecule is COc1cc(F)cc(-n2cnc(C)c2)c1N=O. The van der Waals surface area contributed by atoms with Gasteiger partial charge in [-0.2, -0.15) is 0 Å². The number of imidazole rings is 1. The number of nitroso groups, excluding NO2 is 1. The summed E-state index contributed by atoms with van der Waals surface area (Å²) in [6.45, 7) is 1.79. The number of hydrogen-bond donors (Lipinski definition) is 0. The molecule has 1 aromatic carbocycles. The summed E-state index contributed by atoms with van der Waals surface area (Å²) in [6, 6.07) is 2.32. The van der Waals surface area contributed by atoms with E-state index in [-0.39, 0.29) is 11.4 Å². The average molecular weight is 235 g/mol. The molecule has 0 saturated heterocycles. The van der Waals surface area contributed by atoms with E-state index >= 15 is 0 Å². The Morgan fingerprint density at radius 1 is 1.47 bits per heavy atom. The molecule has 88 valence electrons. The van der Waals surface area contributed by atoms with Crippen molar-refractivity contribution in [2.45, 2.75) is 6.92 Å². The molecule has 5 nitrogen and oxygen atoms in total. The molecule has 0 aliphatic rings. The third-order valence-electron chi connectivity index (χ3n) is 2.32. The molecular weight excluding hydrogens is 225 g/mol. The van der Waals surface area contributed by atoms with E-state index in [4.69, 9.17) is 4.74 Å². The molecule has 0 aliphatic heterocycles. The lowest BCUT2D eigenvalue weighted by Gasteiger charge is -2.08. The zero-order valence-electron chi connectivity index (χ0n) is 9.35. The number of hydrogen-bond acceptors (Lipinski definition) is 4. The highest BCUT2D eigenvalue weighted by atomic mass is 19.1. The van der Waals surface area contributed by atoms with Crippen LogP contribution in [0.5, 0.6) is 5.75 Å². The molecule has 6 heteroatoms. The van der Waals surface area contributed by atoms with E-state index in [0.717, 1.165) is 11.8 Å². The molecule has 1 aromatic heterocycles. The summed E-state index contributed by atoms with van der Waals surface area (Å²) in [5.41, 5.74) is 1.11. The number of nitrogens with zero attached hydrogens (tertiary/aromatic N) is 3. The fraction of sp³-hybridized carbons (Fsp3) is 0.182. The first-order valence-corrected chi connectivity index (χ1v) is 4.87. The lowest BCUT2D eigenvalue weighted by molar-refractivity contribution is 0.412. The fourth-order valence-electron chi connectivity index (χ4n) is 1.56. The fourth-order valence-corrected chi connectivity index (χ4v) is 1.56. The Bertz CT molecular complexity index is 566. The Hall–Kier alpha value is -2.24. The molecule has 0 bridgehead atoms. The van der Waals surface area contributed by atoms with Gasteiger partial charge in [-0.25, -0.2) is 9.37 Å². The van der Waals surface area contributed by atoms with Gasteiger partial charge in [0.05, 0.1) is 24.8 Å². The molecule has 0 N–H and O–H groups in total. The predicted octanol–water partition coefficient (Wildman–Crippen LogP) is 2.73. The monoisotopic (exact) mass is 235 g/mol. The van der Waals surface area contributed by atoms with Gasteiger partial charge in [-0.05, 0) is 12.1 Å². The van der Waals surface area contributed by atoms with Gasteiger partial charge < -0.3 is 9.30 Å². The first-order valence-electron chi connectivity index (χ1n) is 4.87. The molecule has 0 atom stereocenters. The largest absolute Gasteiger partial charge is 0.494 e. The zero-order valence-corrected chi connectivity index (χ0v) is 9.35.